The Balaban J connectivity index is 0.000000162. The predicted octanol–water partition coefficient (Wildman–Crippen LogP) is -2.59. The Morgan fingerprint density at radius 1 is 1.00 bits per heavy atom. The van der Waals surface area contributed by atoms with Crippen molar-refractivity contribution in [2.24, 2.45) is 11.7 Å². The molecule has 1 heterocycles. The minimum atomic E-state index is 2.14. The van der Waals surface area contributed by atoms with Crippen LogP contribution in [0, 0.1) is 0 Å². The lowest BCUT2D eigenvalue weighted by Gasteiger charge is -1.40. The van der Waals surface area contributed by atoms with Gasteiger partial charge in [-0.1, -0.05) is 0 Å². The van der Waals surface area contributed by atoms with E-state index in [0.29, 0.717) is 0 Å². The highest BCUT2D eigenvalue weighted by molar-refractivity contribution is 3.84. The van der Waals surface area contributed by atoms with E-state index < -0.39 is 0 Å². The molecule has 0 bridgehead atoms. The van der Waals surface area contributed by atoms with Crippen molar-refractivity contribution in [3.8, 4) is 0 Å². The van der Waals surface area contributed by atoms with E-state index in [9.17, 15) is 0 Å². The van der Waals surface area contributed by atoms with Crippen LogP contribution in [0.5, 0.6) is 0 Å². The molecule has 1 aromatic heterocycles. The zero-order valence-corrected chi connectivity index (χ0v) is 3.44. The standard InChI is InChI=1S/HN5.H4N2/c1-2-4-5-3-1;1-2/h(H,1,2,3,4,5);1-2H2. The Morgan fingerprint density at radius 2 is 1.43 bits per heavy atom. The van der Waals surface area contributed by atoms with Crippen molar-refractivity contribution in [1.29, 1.82) is 0 Å². The van der Waals surface area contributed by atoms with Gasteiger partial charge in [-0.2, -0.15) is 5.21 Å². The fraction of sp³-hybridized carbons (Fsp3) is 0. The monoisotopic (exact) mass is 103 g/mol. The van der Waals surface area contributed by atoms with Crippen molar-refractivity contribution < 1.29 is 0 Å². The third-order valence-corrected chi connectivity index (χ3v) is 0.219. The second-order valence-electron chi connectivity index (χ2n) is 0.479. The van der Waals surface area contributed by atoms with Crippen LogP contribution < -0.4 is 11.7 Å². The number of nitrogens with zero attached hydrogens (tertiary/aromatic N) is 4. The van der Waals surface area contributed by atoms with Gasteiger partial charge in [0.2, 0.25) is 0 Å². The molecule has 0 fully saturated rings. The van der Waals surface area contributed by atoms with Crippen molar-refractivity contribution >= 4 is 0 Å². The highest BCUT2D eigenvalue weighted by Gasteiger charge is 1.59. The molecule has 0 amide bonds. The van der Waals surface area contributed by atoms with Gasteiger partial charge in [0.25, 0.3) is 0 Å². The molecule has 40 valence electrons. The Morgan fingerprint density at radius 3 is 1.57 bits per heavy atom. The Kier molecular flexibility index (Phi) is 4.16. The van der Waals surface area contributed by atoms with E-state index in [1.807, 2.05) is 0 Å². The molecule has 0 aliphatic rings. The van der Waals surface area contributed by atoms with Crippen LogP contribution in [0.4, 0.5) is 0 Å². The van der Waals surface area contributed by atoms with Gasteiger partial charge in [-0.15, -0.1) is 0 Å². The molecule has 0 atom stereocenters. The van der Waals surface area contributed by atoms with Gasteiger partial charge >= 0.3 is 0 Å². The summed E-state index contributed by atoms with van der Waals surface area (Å²) in [5, 5.41) is 14.5. The molecule has 1 rings (SSSR count). The van der Waals surface area contributed by atoms with Crippen LogP contribution in [-0.4, -0.2) is 26.1 Å². The number of hydrazine groups is 1. The van der Waals surface area contributed by atoms with E-state index in [4.69, 9.17) is 0 Å². The average Bonchev–Trinajstić information content (AvgIpc) is 2.23. The number of aromatic amines is 1. The largest absolute Gasteiger partial charge is 0.274 e. The van der Waals surface area contributed by atoms with E-state index in [0.717, 1.165) is 0 Å². The molecule has 0 aromatic carbocycles. The van der Waals surface area contributed by atoms with Crippen molar-refractivity contribution in [2.45, 2.75) is 0 Å². The fourth-order valence-corrected chi connectivity index (χ4v) is 0.100. The van der Waals surface area contributed by atoms with Crippen LogP contribution in [0.1, 0.15) is 0 Å². The molecule has 5 N–H and O–H groups in total. The zero-order valence-electron chi connectivity index (χ0n) is 3.44. The quantitative estimate of drug-likeness (QED) is 0.245. The molecular formula is H5N7. The lowest BCUT2D eigenvalue weighted by atomic mass is 12.7. The van der Waals surface area contributed by atoms with E-state index in [1.54, 1.807) is 0 Å². The van der Waals surface area contributed by atoms with Gasteiger partial charge in [0, 0.05) is 0 Å². The number of nitrogens with one attached hydrogen (secondary N) is 1. The van der Waals surface area contributed by atoms with E-state index >= 15 is 0 Å². The fourth-order valence-electron chi connectivity index (χ4n) is 0.100. The summed E-state index contributed by atoms with van der Waals surface area (Å²) in [5.74, 6) is 8.00. The molecule has 0 saturated carbocycles. The summed E-state index contributed by atoms with van der Waals surface area (Å²) in [5.41, 5.74) is 0. The Hall–Kier alpha value is -1.08. The van der Waals surface area contributed by atoms with E-state index in [1.165, 1.54) is 0 Å². The average molecular weight is 103 g/mol. The topological polar surface area (TPSA) is 119 Å². The Labute approximate surface area is 39.0 Å². The van der Waals surface area contributed by atoms with Gasteiger partial charge < -0.3 is 0 Å². The normalized spacial score (nSPS) is 6.57. The van der Waals surface area contributed by atoms with Gasteiger partial charge in [-0.25, -0.2) is 0 Å². The molecule has 7 heavy (non-hydrogen) atoms. The van der Waals surface area contributed by atoms with Crippen molar-refractivity contribution in [2.75, 3.05) is 0 Å². The number of H-pyrrole nitrogens is 1. The number of rotatable bonds is 0. The minimum Gasteiger partial charge on any atom is -0.274 e. The first-order chi connectivity index (χ1) is 3.50. The van der Waals surface area contributed by atoms with Crippen molar-refractivity contribution in [3.63, 3.8) is 0 Å². The number of aromatic nitrogens is 5. The first kappa shape index (κ1) is 5.92. The Bertz CT molecular complexity index is 56.5. The summed E-state index contributed by atoms with van der Waals surface area (Å²) in [6.07, 6.45) is 0. The molecule has 0 unspecified atom stereocenters. The van der Waals surface area contributed by atoms with E-state index in [2.05, 4.69) is 37.8 Å². The first-order valence-corrected chi connectivity index (χ1v) is 1.38. The van der Waals surface area contributed by atoms with E-state index in [-0.39, 0.29) is 0 Å². The third-order valence-electron chi connectivity index (χ3n) is 0.219. The molecule has 0 aliphatic carbocycles. The van der Waals surface area contributed by atoms with Crippen LogP contribution >= 0.6 is 0 Å². The minimum absolute atomic E-state index is 2.14. The SMILES string of the molecule is NN.n1nn[nH]n1. The van der Waals surface area contributed by atoms with Gasteiger partial charge in [0.05, 0.1) is 0 Å². The van der Waals surface area contributed by atoms with Crippen LogP contribution in [0.25, 0.3) is 0 Å². The van der Waals surface area contributed by atoms with Crippen LogP contribution in [0.15, 0.2) is 0 Å². The summed E-state index contributed by atoms with van der Waals surface area (Å²) >= 11 is 0. The summed E-state index contributed by atoms with van der Waals surface area (Å²) in [4.78, 5) is 0. The predicted molar refractivity (Wildman–Crippen MR) is 20.3 cm³/mol. The highest BCUT2D eigenvalue weighted by Crippen LogP contribution is 1.31. The summed E-state index contributed by atoms with van der Waals surface area (Å²) in [6, 6.07) is 0. The maximum atomic E-state index is 4.00. The number of nitrogens with two attached hydrogens (primary N) is 2. The molecule has 0 radical (unpaired) electrons. The molecule has 0 aliphatic heterocycles. The smallest absolute Gasteiger partial charge is 0.00217 e. The first-order valence-electron chi connectivity index (χ1n) is 1.38. The van der Waals surface area contributed by atoms with Crippen LogP contribution in [-0.2, 0) is 0 Å². The van der Waals surface area contributed by atoms with Gasteiger partial charge in [0.15, 0.2) is 0 Å². The summed E-state index contributed by atoms with van der Waals surface area (Å²) in [7, 11) is 0. The molecule has 7 heteroatoms. The van der Waals surface area contributed by atoms with Crippen molar-refractivity contribution in [3.05, 3.63) is 0 Å². The third kappa shape index (κ3) is 2.73. The highest BCUT2D eigenvalue weighted by atomic mass is 15.6. The maximum absolute atomic E-state index is 4.00. The molecule has 0 spiro atoms. The maximum Gasteiger partial charge on any atom is -0.00217 e. The second-order valence-corrected chi connectivity index (χ2v) is 0.479. The van der Waals surface area contributed by atoms with Crippen LogP contribution in [0.3, 0.4) is 0 Å². The van der Waals surface area contributed by atoms with Gasteiger partial charge in [-0.05, 0) is 20.9 Å². The molecule has 1 aromatic rings. The lowest BCUT2D eigenvalue weighted by Crippen LogP contribution is -2.02. The summed E-state index contributed by atoms with van der Waals surface area (Å²) in [6.45, 7) is 0. The number of hydrogen-bond acceptors (Lipinski definition) is 6. The molecule has 0 saturated heterocycles. The summed E-state index contributed by atoms with van der Waals surface area (Å²) < 4.78 is 0. The van der Waals surface area contributed by atoms with Gasteiger partial charge in [-0.3, -0.25) is 11.7 Å². The lowest BCUT2D eigenvalue weighted by molar-refractivity contribution is 0.881. The number of hydrogen-bond donors (Lipinski definition) is 3. The van der Waals surface area contributed by atoms with Crippen molar-refractivity contribution in [1.82, 2.24) is 26.1 Å². The molecular weight excluding hydrogens is 98.0 g/mol. The van der Waals surface area contributed by atoms with Crippen LogP contribution in [0.2, 0.25) is 0 Å². The zero-order chi connectivity index (χ0) is 5.54. The molecule has 7 nitrogen and oxygen atoms in total. The second kappa shape index (κ2) is 4.92. The van der Waals surface area contributed by atoms with Gasteiger partial charge in [0.1, 0.15) is 0 Å².